The predicted molar refractivity (Wildman–Crippen MR) is 141 cm³/mol. The third-order valence-electron chi connectivity index (χ3n) is 5.12. The van der Waals surface area contributed by atoms with Crippen LogP contribution in [0, 0.1) is 0 Å². The molecule has 2 N–H and O–H groups in total. The van der Waals surface area contributed by atoms with Gasteiger partial charge in [-0.15, -0.1) is 17.2 Å². The lowest BCUT2D eigenvalue weighted by Crippen LogP contribution is -2.38. The van der Waals surface area contributed by atoms with E-state index in [9.17, 15) is 0 Å². The molecule has 2 unspecified atom stereocenters. The Labute approximate surface area is 202 Å². The minimum Gasteiger partial charge on any atom is -0.372 e. The van der Waals surface area contributed by atoms with Crippen molar-refractivity contribution in [2.75, 3.05) is 57.6 Å². The first-order valence-corrected chi connectivity index (χ1v) is 15.5. The molecule has 0 fully saturated rings. The molecule has 0 aromatic rings. The van der Waals surface area contributed by atoms with Gasteiger partial charge in [0.1, 0.15) is 0 Å². The molecule has 0 spiro atoms. The molecular formula is C24H53NO5P2. The van der Waals surface area contributed by atoms with Crippen LogP contribution in [0.2, 0.25) is 0 Å². The van der Waals surface area contributed by atoms with Crippen LogP contribution in [0.3, 0.4) is 0 Å². The van der Waals surface area contributed by atoms with Gasteiger partial charge in [0.2, 0.25) is 0 Å². The molecule has 0 heterocycles. The van der Waals surface area contributed by atoms with E-state index in [2.05, 4.69) is 13.8 Å². The lowest BCUT2D eigenvalue weighted by atomic mass is 9.92. The summed E-state index contributed by atoms with van der Waals surface area (Å²) in [5.74, 6) is 0. The van der Waals surface area contributed by atoms with Gasteiger partial charge in [-0.2, -0.15) is 0 Å². The topological polar surface area (TPSA) is 72.2 Å². The molecule has 2 atom stereocenters. The zero-order valence-electron chi connectivity index (χ0n) is 21.8. The molecule has 0 aliphatic carbocycles. The Balaban J connectivity index is 4.53. The summed E-state index contributed by atoms with van der Waals surface area (Å²) < 4.78 is 29.2. The Morgan fingerprint density at radius 3 is 1.38 bits per heavy atom. The lowest BCUT2D eigenvalue weighted by molar-refractivity contribution is -0.136. The summed E-state index contributed by atoms with van der Waals surface area (Å²) in [5, 5.41) is 0. The second-order valence-electron chi connectivity index (χ2n) is 8.15. The Hall–Kier alpha value is 0.620. The molecule has 32 heavy (non-hydrogen) atoms. The summed E-state index contributed by atoms with van der Waals surface area (Å²) in [6.07, 6.45) is 9.78. The van der Waals surface area contributed by atoms with Crippen molar-refractivity contribution in [3.8, 4) is 0 Å². The zero-order chi connectivity index (χ0) is 24.1. The van der Waals surface area contributed by atoms with Crippen molar-refractivity contribution < 1.29 is 23.7 Å². The molecule has 0 aliphatic rings. The molecule has 0 rings (SSSR count). The maximum atomic E-state index is 6.52. The molecular weight excluding hydrogens is 444 g/mol. The second-order valence-corrected chi connectivity index (χ2v) is 11.1. The molecule has 8 heteroatoms. The molecule has 194 valence electrons. The van der Waals surface area contributed by atoms with E-state index in [0.29, 0.717) is 33.0 Å². The quantitative estimate of drug-likeness (QED) is 0.112. The Bertz CT molecular complexity index is 367. The van der Waals surface area contributed by atoms with Crippen LogP contribution in [0.4, 0.5) is 0 Å². The van der Waals surface area contributed by atoms with Crippen molar-refractivity contribution in [3.63, 3.8) is 0 Å². The van der Waals surface area contributed by atoms with Crippen LogP contribution >= 0.6 is 17.2 Å². The highest BCUT2D eigenvalue weighted by molar-refractivity contribution is 7.38. The van der Waals surface area contributed by atoms with E-state index < -0.39 is 0 Å². The maximum Gasteiger partial charge on any atom is 0.157 e. The minimum absolute atomic E-state index is 0.0587. The van der Waals surface area contributed by atoms with Gasteiger partial charge in [0.25, 0.3) is 0 Å². The van der Waals surface area contributed by atoms with Crippen molar-refractivity contribution in [2.45, 2.75) is 97.9 Å². The highest BCUT2D eigenvalue weighted by Crippen LogP contribution is 2.33. The molecule has 0 bridgehead atoms. The average molecular weight is 498 g/mol. The smallest absolute Gasteiger partial charge is 0.157 e. The largest absolute Gasteiger partial charge is 0.372 e. The van der Waals surface area contributed by atoms with Crippen LogP contribution in [0.5, 0.6) is 0 Å². The molecule has 0 aliphatic heterocycles. The first kappa shape index (κ1) is 32.6. The van der Waals surface area contributed by atoms with E-state index in [-0.39, 0.29) is 24.3 Å². The number of hydrogen-bond acceptors (Lipinski definition) is 6. The third kappa shape index (κ3) is 17.1. The van der Waals surface area contributed by atoms with E-state index in [1.807, 2.05) is 27.7 Å². The maximum absolute atomic E-state index is 6.52. The van der Waals surface area contributed by atoms with Crippen LogP contribution in [-0.4, -0.2) is 81.9 Å². The van der Waals surface area contributed by atoms with Gasteiger partial charge >= 0.3 is 0 Å². The number of ether oxygens (including phenoxy) is 5. The fraction of sp³-hybridized carbons (Fsp3) is 1.00. The van der Waals surface area contributed by atoms with E-state index in [1.165, 1.54) is 12.3 Å². The summed E-state index contributed by atoms with van der Waals surface area (Å²) in [7, 11) is 1.80. The highest BCUT2D eigenvalue weighted by Gasteiger charge is 2.30. The van der Waals surface area contributed by atoms with Crippen LogP contribution in [0.1, 0.15) is 73.6 Å². The van der Waals surface area contributed by atoms with Gasteiger partial charge in [-0.3, -0.25) is 0 Å². The number of nitrogens with two attached hydrogens (primary N) is 1. The first-order chi connectivity index (χ1) is 15.5. The summed E-state index contributed by atoms with van der Waals surface area (Å²) in [5.41, 5.74) is 5.93. The molecule has 0 saturated heterocycles. The van der Waals surface area contributed by atoms with Crippen molar-refractivity contribution in [1.29, 1.82) is 0 Å². The molecule has 0 amide bonds. The molecule has 6 nitrogen and oxygen atoms in total. The first-order valence-electron chi connectivity index (χ1n) is 12.7. The molecule has 0 aromatic carbocycles. The monoisotopic (exact) mass is 497 g/mol. The standard InChI is InChI=1S/C24H53NO5P2/c1-7-26-22(27-8-2)11-17-31-19-14-24(13-16-25,30-21(5)6)15-20-32-18-12-23(28-9-3)29-10-4/h21-23,31-32H,7-20,25H2,1-6H3. The fourth-order valence-corrected chi connectivity index (χ4v) is 6.45. The molecule has 0 aromatic heterocycles. The van der Waals surface area contributed by atoms with Gasteiger partial charge in [0, 0.05) is 39.3 Å². The second kappa shape index (κ2) is 22.1. The zero-order valence-corrected chi connectivity index (χ0v) is 23.8. The summed E-state index contributed by atoms with van der Waals surface area (Å²) >= 11 is 0. The molecule has 0 saturated carbocycles. The van der Waals surface area contributed by atoms with Gasteiger partial charge in [0.15, 0.2) is 12.6 Å². The predicted octanol–water partition coefficient (Wildman–Crippen LogP) is 5.21. The van der Waals surface area contributed by atoms with E-state index >= 15 is 0 Å². The van der Waals surface area contributed by atoms with Gasteiger partial charge < -0.3 is 29.4 Å². The summed E-state index contributed by atoms with van der Waals surface area (Å²) in [6.45, 7) is 15.8. The van der Waals surface area contributed by atoms with Gasteiger partial charge in [-0.1, -0.05) is 0 Å². The van der Waals surface area contributed by atoms with Gasteiger partial charge in [-0.25, -0.2) is 0 Å². The minimum atomic E-state index is -0.0958. The Morgan fingerprint density at radius 2 is 1.06 bits per heavy atom. The lowest BCUT2D eigenvalue weighted by Gasteiger charge is -2.36. The average Bonchev–Trinajstić information content (AvgIpc) is 2.73. The highest BCUT2D eigenvalue weighted by atomic mass is 31.1. The van der Waals surface area contributed by atoms with Crippen molar-refractivity contribution in [1.82, 2.24) is 0 Å². The van der Waals surface area contributed by atoms with Crippen LogP contribution in [0.15, 0.2) is 0 Å². The number of rotatable bonds is 24. The normalized spacial score (nSPS) is 14.8. The van der Waals surface area contributed by atoms with Crippen LogP contribution in [-0.2, 0) is 23.7 Å². The summed E-state index contributed by atoms with van der Waals surface area (Å²) in [6, 6.07) is 0. The molecule has 0 radical (unpaired) electrons. The third-order valence-corrected chi connectivity index (χ3v) is 7.62. The van der Waals surface area contributed by atoms with E-state index in [4.69, 9.17) is 29.4 Å². The fourth-order valence-electron chi connectivity index (χ4n) is 3.81. The number of hydrogen-bond donors (Lipinski definition) is 1. The Morgan fingerprint density at radius 1 is 0.656 bits per heavy atom. The van der Waals surface area contributed by atoms with Crippen LogP contribution in [0.25, 0.3) is 0 Å². The van der Waals surface area contributed by atoms with Gasteiger partial charge in [-0.05, 0) is 92.0 Å². The SMILES string of the molecule is CCOC(CCPCCC(CCN)(CCPCCC(OCC)OCC)OC(C)C)OCC. The van der Waals surface area contributed by atoms with Crippen LogP contribution < -0.4 is 5.73 Å². The Kier molecular flexibility index (Phi) is 22.5. The summed E-state index contributed by atoms with van der Waals surface area (Å²) in [4.78, 5) is 0. The van der Waals surface area contributed by atoms with Crippen molar-refractivity contribution >= 4 is 17.2 Å². The van der Waals surface area contributed by atoms with Crippen molar-refractivity contribution in [3.05, 3.63) is 0 Å². The van der Waals surface area contributed by atoms with E-state index in [0.717, 1.165) is 61.6 Å². The van der Waals surface area contributed by atoms with E-state index in [1.54, 1.807) is 0 Å². The van der Waals surface area contributed by atoms with Gasteiger partial charge in [0.05, 0.1) is 11.7 Å². The van der Waals surface area contributed by atoms with Crippen molar-refractivity contribution in [2.24, 2.45) is 5.73 Å².